The zero-order valence-corrected chi connectivity index (χ0v) is 16.0. The molecule has 0 N–H and O–H groups in total. The highest BCUT2D eigenvalue weighted by Gasteiger charge is 2.55. The number of hydrogen-bond acceptors (Lipinski definition) is 7. The molecule has 0 amide bonds. The molecule has 2 saturated heterocycles. The summed E-state index contributed by atoms with van der Waals surface area (Å²) in [7, 11) is 0. The number of carbonyl (C=O) groups is 1. The molecule has 2 atom stereocenters. The molecule has 8 heteroatoms. The van der Waals surface area contributed by atoms with Crippen molar-refractivity contribution in [1.29, 1.82) is 0 Å². The summed E-state index contributed by atoms with van der Waals surface area (Å²) in [6, 6.07) is 6.41. The average Bonchev–Trinajstić information content (AvgIpc) is 3.18. The second-order valence-corrected chi connectivity index (χ2v) is 8.76. The van der Waals surface area contributed by atoms with Crippen molar-refractivity contribution in [2.45, 2.75) is 50.2 Å². The highest BCUT2D eigenvalue weighted by molar-refractivity contribution is 7.15. The lowest BCUT2D eigenvalue weighted by Gasteiger charge is -2.43. The van der Waals surface area contributed by atoms with Crippen LogP contribution >= 0.6 is 11.3 Å². The van der Waals surface area contributed by atoms with Crippen LogP contribution in [0.1, 0.15) is 44.0 Å². The van der Waals surface area contributed by atoms with Crippen LogP contribution in [0.4, 0.5) is 5.69 Å². The molecule has 2 aliphatic rings. The monoisotopic (exact) mass is 388 g/mol. The predicted octanol–water partition coefficient (Wildman–Crippen LogP) is 4.08. The van der Waals surface area contributed by atoms with E-state index in [-0.39, 0.29) is 23.2 Å². The number of non-ortho nitro benzene ring substituents is 1. The van der Waals surface area contributed by atoms with E-state index in [1.54, 1.807) is 18.3 Å². The van der Waals surface area contributed by atoms with E-state index in [2.05, 4.69) is 4.98 Å². The van der Waals surface area contributed by atoms with Crippen LogP contribution < -0.4 is 0 Å². The Morgan fingerprint density at radius 2 is 2.04 bits per heavy atom. The van der Waals surface area contributed by atoms with Crippen LogP contribution in [0.2, 0.25) is 0 Å². The Kier molecular flexibility index (Phi) is 4.27. The molecule has 4 rings (SSSR count). The van der Waals surface area contributed by atoms with Crippen LogP contribution in [-0.2, 0) is 14.3 Å². The third kappa shape index (κ3) is 3.35. The third-order valence-corrected chi connectivity index (χ3v) is 6.41. The van der Waals surface area contributed by atoms with Gasteiger partial charge in [-0.15, -0.1) is 11.3 Å². The summed E-state index contributed by atoms with van der Waals surface area (Å²) in [5.41, 5.74) is 0.0147. The molecule has 3 heterocycles. The number of hydrogen-bond donors (Lipinski definition) is 0. The number of ether oxygens (including phenoxy) is 2. The van der Waals surface area contributed by atoms with Crippen molar-refractivity contribution in [3.63, 3.8) is 0 Å². The Morgan fingerprint density at radius 1 is 1.30 bits per heavy atom. The first-order valence-corrected chi connectivity index (χ1v) is 9.66. The normalized spacial score (nSPS) is 26.9. The van der Waals surface area contributed by atoms with Crippen LogP contribution in [0.15, 0.2) is 30.5 Å². The topological polar surface area (TPSA) is 91.6 Å². The minimum atomic E-state index is -0.566. The summed E-state index contributed by atoms with van der Waals surface area (Å²) in [6.07, 6.45) is 3.40. The molecule has 2 aromatic rings. The van der Waals surface area contributed by atoms with E-state index in [1.807, 2.05) is 13.8 Å². The summed E-state index contributed by atoms with van der Waals surface area (Å²) in [5, 5.41) is 11.7. The van der Waals surface area contributed by atoms with E-state index in [9.17, 15) is 14.9 Å². The van der Waals surface area contributed by atoms with Crippen molar-refractivity contribution >= 4 is 23.0 Å². The lowest BCUT2D eigenvalue weighted by molar-refractivity contribution is -0.384. The quantitative estimate of drug-likeness (QED) is 0.447. The van der Waals surface area contributed by atoms with Gasteiger partial charge in [0.1, 0.15) is 10.6 Å². The first-order valence-electron chi connectivity index (χ1n) is 8.84. The summed E-state index contributed by atoms with van der Waals surface area (Å²) >= 11 is 1.51. The number of esters is 1. The number of nitrogens with zero attached hydrogens (tertiary/aromatic N) is 2. The number of rotatable bonds is 3. The fourth-order valence-electron chi connectivity index (χ4n) is 4.08. The second-order valence-electron chi connectivity index (χ2n) is 7.70. The van der Waals surface area contributed by atoms with Gasteiger partial charge in [-0.25, -0.2) is 4.98 Å². The van der Waals surface area contributed by atoms with Gasteiger partial charge < -0.3 is 9.47 Å². The van der Waals surface area contributed by atoms with Gasteiger partial charge in [0.25, 0.3) is 5.69 Å². The molecule has 0 bridgehead atoms. The first-order chi connectivity index (χ1) is 12.8. The largest absolute Gasteiger partial charge is 0.458 e. The van der Waals surface area contributed by atoms with Gasteiger partial charge in [-0.2, -0.15) is 0 Å². The minimum absolute atomic E-state index is 0.0571. The Morgan fingerprint density at radius 3 is 2.70 bits per heavy atom. The molecule has 1 aromatic carbocycles. The molecule has 1 spiro atoms. The molecule has 2 aliphatic heterocycles. The Hall–Kier alpha value is -2.32. The van der Waals surface area contributed by atoms with Crippen molar-refractivity contribution in [3.05, 3.63) is 45.6 Å². The molecule has 7 nitrogen and oxygen atoms in total. The van der Waals surface area contributed by atoms with E-state index in [4.69, 9.17) is 9.47 Å². The smallest absolute Gasteiger partial charge is 0.307 e. The number of thiazole rings is 1. The van der Waals surface area contributed by atoms with Gasteiger partial charge in [0.15, 0.2) is 0 Å². The van der Waals surface area contributed by atoms with Crippen molar-refractivity contribution < 1.29 is 19.2 Å². The van der Waals surface area contributed by atoms with Gasteiger partial charge in [-0.1, -0.05) is 0 Å². The molecule has 0 saturated carbocycles. The Labute approximate surface area is 160 Å². The first kappa shape index (κ1) is 18.1. The number of aromatic nitrogens is 1. The van der Waals surface area contributed by atoms with E-state index in [0.29, 0.717) is 25.9 Å². The molecule has 2 fully saturated rings. The molecule has 0 unspecified atom stereocenters. The van der Waals surface area contributed by atoms with Crippen LogP contribution in [0.3, 0.4) is 0 Å². The summed E-state index contributed by atoms with van der Waals surface area (Å²) < 4.78 is 11.6. The second kappa shape index (κ2) is 6.38. The van der Waals surface area contributed by atoms with Crippen LogP contribution in [-0.4, -0.2) is 33.7 Å². The summed E-state index contributed by atoms with van der Waals surface area (Å²) in [5.74, 6) is -0.283. The number of nitro groups is 1. The number of nitro benzene ring substituents is 1. The van der Waals surface area contributed by atoms with E-state index in [1.165, 1.54) is 23.5 Å². The zero-order chi connectivity index (χ0) is 19.2. The summed E-state index contributed by atoms with van der Waals surface area (Å²) in [4.78, 5) is 28.0. The fraction of sp³-hybridized carbons (Fsp3) is 0.474. The van der Waals surface area contributed by atoms with Crippen molar-refractivity contribution in [3.8, 4) is 10.4 Å². The third-order valence-electron chi connectivity index (χ3n) is 5.25. The van der Waals surface area contributed by atoms with Crippen LogP contribution in [0, 0.1) is 10.1 Å². The zero-order valence-electron chi connectivity index (χ0n) is 15.1. The Bertz CT molecular complexity index is 892. The molecule has 27 heavy (non-hydrogen) atoms. The van der Waals surface area contributed by atoms with Gasteiger partial charge in [0, 0.05) is 31.2 Å². The molecular formula is C19H20N2O5S. The SMILES string of the molecule is CC1(C)C[C@@]2(CCO1)OC(=O)C[C@H]2c1ncc(-c2ccc([N+](=O)[O-])cc2)s1. The highest BCUT2D eigenvalue weighted by Crippen LogP contribution is 2.51. The molecular weight excluding hydrogens is 368 g/mol. The molecule has 142 valence electrons. The average molecular weight is 388 g/mol. The van der Waals surface area contributed by atoms with Crippen molar-refractivity contribution in [2.75, 3.05) is 6.61 Å². The molecule has 1 aromatic heterocycles. The minimum Gasteiger partial charge on any atom is -0.458 e. The highest BCUT2D eigenvalue weighted by atomic mass is 32.1. The van der Waals surface area contributed by atoms with Gasteiger partial charge in [0.2, 0.25) is 0 Å². The van der Waals surface area contributed by atoms with E-state index in [0.717, 1.165) is 15.4 Å². The maximum atomic E-state index is 12.1. The summed E-state index contributed by atoms with van der Waals surface area (Å²) in [6.45, 7) is 4.58. The van der Waals surface area contributed by atoms with Gasteiger partial charge in [0.05, 0.1) is 34.3 Å². The predicted molar refractivity (Wildman–Crippen MR) is 99.7 cm³/mol. The van der Waals surface area contributed by atoms with Crippen molar-refractivity contribution in [1.82, 2.24) is 4.98 Å². The standard InChI is InChI=1S/C19H20N2O5S/c1-18(2)11-19(7-8-25-18)14(9-16(22)26-19)17-20-10-15(27-17)12-3-5-13(6-4-12)21(23)24/h3-6,10,14H,7-9,11H2,1-2H3/t14-,19+/m0/s1. The van der Waals surface area contributed by atoms with Gasteiger partial charge >= 0.3 is 5.97 Å². The Balaban J connectivity index is 1.63. The van der Waals surface area contributed by atoms with Crippen molar-refractivity contribution in [2.24, 2.45) is 0 Å². The van der Waals surface area contributed by atoms with Crippen LogP contribution in [0.25, 0.3) is 10.4 Å². The molecule has 0 aliphatic carbocycles. The van der Waals surface area contributed by atoms with Gasteiger partial charge in [-0.05, 0) is 31.5 Å². The number of carbonyl (C=O) groups excluding carboxylic acids is 1. The van der Waals surface area contributed by atoms with Gasteiger partial charge in [-0.3, -0.25) is 14.9 Å². The number of benzene rings is 1. The lowest BCUT2D eigenvalue weighted by atomic mass is 9.76. The van der Waals surface area contributed by atoms with Crippen LogP contribution in [0.5, 0.6) is 0 Å². The lowest BCUT2D eigenvalue weighted by Crippen LogP contribution is -2.48. The van der Waals surface area contributed by atoms with E-state index >= 15 is 0 Å². The molecule has 0 radical (unpaired) electrons. The van der Waals surface area contributed by atoms with E-state index < -0.39 is 10.5 Å². The maximum Gasteiger partial charge on any atom is 0.307 e. The fourth-order valence-corrected chi connectivity index (χ4v) is 5.21. The maximum absolute atomic E-state index is 12.1.